The van der Waals surface area contributed by atoms with Gasteiger partial charge in [0.15, 0.2) is 5.13 Å². The number of hydrogen-bond donors (Lipinski definition) is 0. The molecule has 5 nitrogen and oxygen atoms in total. The summed E-state index contributed by atoms with van der Waals surface area (Å²) in [5, 5.41) is 1.53. The first-order valence-electron chi connectivity index (χ1n) is 8.10. The van der Waals surface area contributed by atoms with Crippen molar-refractivity contribution in [2.24, 2.45) is 0 Å². The van der Waals surface area contributed by atoms with Crippen molar-refractivity contribution in [2.45, 2.75) is 0 Å². The van der Waals surface area contributed by atoms with Crippen LogP contribution in [0, 0.1) is 0 Å². The summed E-state index contributed by atoms with van der Waals surface area (Å²) in [7, 11) is 1.62. The number of rotatable bonds is 3. The van der Waals surface area contributed by atoms with E-state index in [9.17, 15) is 4.79 Å². The second-order valence-electron chi connectivity index (χ2n) is 5.94. The molecule has 10 heteroatoms. The first-order chi connectivity index (χ1) is 13.0. The molecule has 0 bridgehead atoms. The molecule has 0 atom stereocenters. The maximum Gasteiger partial charge on any atom is 0.256 e. The Morgan fingerprint density at radius 3 is 2.52 bits per heavy atom. The predicted octanol–water partition coefficient (Wildman–Crippen LogP) is 5.29. The third-order valence-corrected chi connectivity index (χ3v) is 7.46. The summed E-state index contributed by atoms with van der Waals surface area (Å²) >= 11 is 21.1. The highest BCUT2D eigenvalue weighted by atomic mass is 35.5. The van der Waals surface area contributed by atoms with Gasteiger partial charge in [0.25, 0.3) is 5.91 Å². The van der Waals surface area contributed by atoms with E-state index in [4.69, 9.17) is 44.5 Å². The second kappa shape index (κ2) is 7.64. The molecule has 142 valence electrons. The molecule has 27 heavy (non-hydrogen) atoms. The number of aromatic nitrogens is 1. The van der Waals surface area contributed by atoms with E-state index in [-0.39, 0.29) is 5.91 Å². The van der Waals surface area contributed by atoms with Gasteiger partial charge in [-0.1, -0.05) is 46.1 Å². The lowest BCUT2D eigenvalue weighted by atomic mass is 10.2. The standard InChI is InChI=1S/C17H14Cl3N3O2S2/c1-25-11-3-2-10(18)14-13(11)21-17(27-14)23-6-4-22(5-7-23)16(24)9-8-12(19)26-15(9)20/h2-3,8H,4-7H2,1H3. The number of piperazine rings is 1. The molecular weight excluding hydrogens is 449 g/mol. The van der Waals surface area contributed by atoms with E-state index in [2.05, 4.69) is 4.90 Å². The Morgan fingerprint density at radius 1 is 1.15 bits per heavy atom. The molecule has 1 aliphatic heterocycles. The van der Waals surface area contributed by atoms with E-state index in [1.807, 2.05) is 12.1 Å². The van der Waals surface area contributed by atoms with Gasteiger partial charge in [-0.05, 0) is 18.2 Å². The van der Waals surface area contributed by atoms with Crippen LogP contribution in [0.1, 0.15) is 10.4 Å². The smallest absolute Gasteiger partial charge is 0.256 e. The molecule has 0 unspecified atom stereocenters. The number of benzene rings is 1. The van der Waals surface area contributed by atoms with E-state index in [1.165, 1.54) is 22.7 Å². The minimum atomic E-state index is -0.0863. The fraction of sp³-hybridized carbons (Fsp3) is 0.294. The monoisotopic (exact) mass is 461 g/mol. The van der Waals surface area contributed by atoms with Gasteiger partial charge < -0.3 is 14.5 Å². The zero-order chi connectivity index (χ0) is 19.1. The normalized spacial score (nSPS) is 14.8. The molecule has 2 aromatic heterocycles. The fourth-order valence-corrected chi connectivity index (χ4v) is 5.75. The Hall–Kier alpha value is -1.25. The number of fused-ring (bicyclic) bond motifs is 1. The molecule has 0 N–H and O–H groups in total. The molecule has 3 aromatic rings. The van der Waals surface area contributed by atoms with Gasteiger partial charge in [0.2, 0.25) is 0 Å². The minimum absolute atomic E-state index is 0.0863. The molecular formula is C17H14Cl3N3O2S2. The number of amides is 1. The van der Waals surface area contributed by atoms with Crippen LogP contribution in [-0.4, -0.2) is 49.1 Å². The lowest BCUT2D eigenvalue weighted by Gasteiger charge is -2.34. The van der Waals surface area contributed by atoms with Crippen molar-refractivity contribution >= 4 is 78.7 Å². The lowest BCUT2D eigenvalue weighted by molar-refractivity contribution is 0.0747. The van der Waals surface area contributed by atoms with Crippen LogP contribution in [0.2, 0.25) is 13.7 Å². The van der Waals surface area contributed by atoms with E-state index >= 15 is 0 Å². The average Bonchev–Trinajstić information content (AvgIpc) is 3.26. The van der Waals surface area contributed by atoms with Gasteiger partial charge >= 0.3 is 0 Å². The largest absolute Gasteiger partial charge is 0.494 e. The van der Waals surface area contributed by atoms with Crippen molar-refractivity contribution < 1.29 is 9.53 Å². The van der Waals surface area contributed by atoms with E-state index < -0.39 is 0 Å². The number of anilines is 1. The first kappa shape index (κ1) is 19.1. The number of carbonyl (C=O) groups is 1. The Kier molecular flexibility index (Phi) is 5.40. The number of carbonyl (C=O) groups excluding carboxylic acids is 1. The third-order valence-electron chi connectivity index (χ3n) is 4.39. The van der Waals surface area contributed by atoms with Crippen LogP contribution in [0.4, 0.5) is 5.13 Å². The van der Waals surface area contributed by atoms with Gasteiger partial charge in [-0.3, -0.25) is 4.79 Å². The van der Waals surface area contributed by atoms with Crippen LogP contribution in [0.25, 0.3) is 10.2 Å². The zero-order valence-corrected chi connectivity index (χ0v) is 18.1. The summed E-state index contributed by atoms with van der Waals surface area (Å²) < 4.78 is 7.24. The molecule has 0 spiro atoms. The van der Waals surface area contributed by atoms with Crippen molar-refractivity contribution in [1.29, 1.82) is 0 Å². The van der Waals surface area contributed by atoms with Crippen molar-refractivity contribution in [2.75, 3.05) is 38.2 Å². The molecule has 1 aliphatic rings. The summed E-state index contributed by atoms with van der Waals surface area (Å²) in [4.78, 5) is 21.3. The molecule has 4 rings (SSSR count). The number of halogens is 3. The maximum absolute atomic E-state index is 12.7. The maximum atomic E-state index is 12.7. The van der Waals surface area contributed by atoms with Crippen LogP contribution < -0.4 is 9.64 Å². The van der Waals surface area contributed by atoms with Crippen LogP contribution in [-0.2, 0) is 0 Å². The number of methoxy groups -OCH3 is 1. The first-order valence-corrected chi connectivity index (χ1v) is 10.9. The Morgan fingerprint density at radius 2 is 1.89 bits per heavy atom. The van der Waals surface area contributed by atoms with Gasteiger partial charge in [0.1, 0.15) is 15.6 Å². The molecule has 1 fully saturated rings. The number of hydrogen-bond acceptors (Lipinski definition) is 6. The average molecular weight is 463 g/mol. The third kappa shape index (κ3) is 3.59. The van der Waals surface area contributed by atoms with Gasteiger partial charge in [0, 0.05) is 26.2 Å². The van der Waals surface area contributed by atoms with E-state index in [0.29, 0.717) is 51.2 Å². The lowest BCUT2D eigenvalue weighted by Crippen LogP contribution is -2.48. The Bertz CT molecular complexity index is 1010. The van der Waals surface area contributed by atoms with E-state index in [1.54, 1.807) is 18.1 Å². The highest BCUT2D eigenvalue weighted by Crippen LogP contribution is 2.39. The second-order valence-corrected chi connectivity index (χ2v) is 9.61. The molecule has 0 aliphatic carbocycles. The van der Waals surface area contributed by atoms with Crippen LogP contribution in [0.15, 0.2) is 18.2 Å². The highest BCUT2D eigenvalue weighted by molar-refractivity contribution is 7.23. The minimum Gasteiger partial charge on any atom is -0.494 e. The number of thiophene rings is 1. The number of ether oxygens (including phenoxy) is 1. The fourth-order valence-electron chi connectivity index (χ4n) is 3.00. The molecule has 1 amide bonds. The molecule has 0 radical (unpaired) electrons. The van der Waals surface area contributed by atoms with Gasteiger partial charge in [-0.15, -0.1) is 11.3 Å². The molecule has 3 heterocycles. The van der Waals surface area contributed by atoms with Crippen LogP contribution in [0.3, 0.4) is 0 Å². The summed E-state index contributed by atoms with van der Waals surface area (Å²) in [5.74, 6) is 0.617. The van der Waals surface area contributed by atoms with Gasteiger partial charge in [-0.2, -0.15) is 0 Å². The van der Waals surface area contributed by atoms with Crippen molar-refractivity contribution in [1.82, 2.24) is 9.88 Å². The molecule has 1 saturated heterocycles. The molecule has 1 aromatic carbocycles. The SMILES string of the molecule is COc1ccc(Cl)c2sc(N3CCN(C(=O)c4cc(Cl)sc4Cl)CC3)nc12. The highest BCUT2D eigenvalue weighted by Gasteiger charge is 2.26. The zero-order valence-electron chi connectivity index (χ0n) is 14.2. The number of nitrogens with zero attached hydrogens (tertiary/aromatic N) is 3. The summed E-state index contributed by atoms with van der Waals surface area (Å²) in [6.07, 6.45) is 0. The van der Waals surface area contributed by atoms with Crippen LogP contribution >= 0.6 is 57.5 Å². The summed E-state index contributed by atoms with van der Waals surface area (Å²) in [5.41, 5.74) is 1.24. The quantitative estimate of drug-likeness (QED) is 0.530. The summed E-state index contributed by atoms with van der Waals surface area (Å²) in [6, 6.07) is 5.27. The summed E-state index contributed by atoms with van der Waals surface area (Å²) in [6.45, 7) is 2.54. The molecule has 0 saturated carbocycles. The predicted molar refractivity (Wildman–Crippen MR) is 114 cm³/mol. The van der Waals surface area contributed by atoms with E-state index in [0.717, 1.165) is 15.3 Å². The van der Waals surface area contributed by atoms with Crippen molar-refractivity contribution in [3.05, 3.63) is 37.5 Å². The van der Waals surface area contributed by atoms with Gasteiger partial charge in [0.05, 0.1) is 26.7 Å². The topological polar surface area (TPSA) is 45.7 Å². The number of thiazole rings is 1. The Labute approximate surface area is 179 Å². The van der Waals surface area contributed by atoms with Crippen molar-refractivity contribution in [3.63, 3.8) is 0 Å². The van der Waals surface area contributed by atoms with Gasteiger partial charge in [-0.25, -0.2) is 4.98 Å². The van der Waals surface area contributed by atoms with Crippen molar-refractivity contribution in [3.8, 4) is 5.75 Å². The van der Waals surface area contributed by atoms with Crippen LogP contribution in [0.5, 0.6) is 5.75 Å². The Balaban J connectivity index is 1.51.